The van der Waals surface area contributed by atoms with Gasteiger partial charge in [0, 0.05) is 5.56 Å². The molecule has 0 saturated heterocycles. The molecule has 0 aliphatic heterocycles. The Morgan fingerprint density at radius 1 is 1.08 bits per heavy atom. The van der Waals surface area contributed by atoms with Gasteiger partial charge in [-0.2, -0.15) is 0 Å². The maximum Gasteiger partial charge on any atom is 0.200 e. The van der Waals surface area contributed by atoms with E-state index in [2.05, 4.69) is 28.2 Å². The van der Waals surface area contributed by atoms with E-state index in [1.54, 1.807) is 6.07 Å². The second kappa shape index (κ2) is 6.31. The smallest absolute Gasteiger partial charge is 0.200 e. The third-order valence-electron chi connectivity index (χ3n) is 5.13. The van der Waals surface area contributed by atoms with E-state index in [0.29, 0.717) is 17.3 Å². The summed E-state index contributed by atoms with van der Waals surface area (Å²) in [5.41, 5.74) is 3.91. The summed E-state index contributed by atoms with van der Waals surface area (Å²) >= 11 is 0. The van der Waals surface area contributed by atoms with Crippen LogP contribution in [0.4, 0.5) is 0 Å². The fourth-order valence-corrected chi connectivity index (χ4v) is 3.73. The van der Waals surface area contributed by atoms with E-state index in [-0.39, 0.29) is 17.2 Å². The van der Waals surface area contributed by atoms with Crippen molar-refractivity contribution < 1.29 is 14.9 Å². The number of aromatic hydroxyl groups is 2. The molecule has 25 heavy (non-hydrogen) atoms. The number of phenols is 2. The van der Waals surface area contributed by atoms with Crippen molar-refractivity contribution in [1.29, 1.82) is 0 Å². The number of nitrogens with one attached hydrogen (secondary N) is 1. The average molecular weight is 338 g/mol. The summed E-state index contributed by atoms with van der Waals surface area (Å²) in [5, 5.41) is 19.7. The van der Waals surface area contributed by atoms with Gasteiger partial charge in [-0.05, 0) is 48.6 Å². The standard InChI is InChI=1S/C20H22N2O3/c1-25-18-11-14(10-17(23)19(18)24)20-21-15-8-7-13(9-16(15)22-20)12-5-3-2-4-6-12/h7-12,23-24H,2-6H2,1H3,(H,21,22). The molecule has 3 aromatic rings. The van der Waals surface area contributed by atoms with Crippen LogP contribution in [0.15, 0.2) is 30.3 Å². The molecule has 130 valence electrons. The van der Waals surface area contributed by atoms with E-state index in [9.17, 15) is 10.2 Å². The number of phenolic OH excluding ortho intramolecular Hbond substituents is 2. The monoisotopic (exact) mass is 338 g/mol. The molecule has 1 fully saturated rings. The molecule has 1 aromatic heterocycles. The van der Waals surface area contributed by atoms with Crippen LogP contribution in [0.2, 0.25) is 0 Å². The molecule has 2 aromatic carbocycles. The van der Waals surface area contributed by atoms with Crippen LogP contribution >= 0.6 is 0 Å². The first-order valence-electron chi connectivity index (χ1n) is 8.75. The molecule has 0 bridgehead atoms. The molecule has 4 rings (SSSR count). The molecule has 5 nitrogen and oxygen atoms in total. The first-order valence-corrected chi connectivity index (χ1v) is 8.75. The molecule has 0 atom stereocenters. The Kier molecular flexibility index (Phi) is 3.99. The largest absolute Gasteiger partial charge is 0.504 e. The molecule has 1 heterocycles. The first kappa shape index (κ1) is 15.8. The highest BCUT2D eigenvalue weighted by Crippen LogP contribution is 2.39. The second-order valence-electron chi connectivity index (χ2n) is 6.74. The topological polar surface area (TPSA) is 78.4 Å². The van der Waals surface area contributed by atoms with Crippen molar-refractivity contribution in [3.63, 3.8) is 0 Å². The van der Waals surface area contributed by atoms with Gasteiger partial charge in [-0.3, -0.25) is 0 Å². The van der Waals surface area contributed by atoms with E-state index >= 15 is 0 Å². The molecule has 1 aliphatic carbocycles. The number of fused-ring (bicyclic) bond motifs is 1. The highest BCUT2D eigenvalue weighted by molar-refractivity contribution is 5.81. The fourth-order valence-electron chi connectivity index (χ4n) is 3.73. The van der Waals surface area contributed by atoms with Gasteiger partial charge in [0.15, 0.2) is 11.5 Å². The summed E-state index contributed by atoms with van der Waals surface area (Å²) in [7, 11) is 1.45. The normalized spacial score (nSPS) is 15.6. The number of ether oxygens (including phenoxy) is 1. The third kappa shape index (κ3) is 2.90. The fraction of sp³-hybridized carbons (Fsp3) is 0.350. The van der Waals surface area contributed by atoms with E-state index in [1.165, 1.54) is 50.8 Å². The molecule has 5 heteroatoms. The maximum atomic E-state index is 9.89. The molecular weight excluding hydrogens is 316 g/mol. The number of benzene rings is 2. The Morgan fingerprint density at radius 3 is 2.64 bits per heavy atom. The van der Waals surface area contributed by atoms with E-state index in [1.807, 2.05) is 0 Å². The molecule has 0 unspecified atom stereocenters. The molecule has 1 saturated carbocycles. The van der Waals surface area contributed by atoms with Gasteiger partial charge in [-0.25, -0.2) is 4.98 Å². The zero-order chi connectivity index (χ0) is 17.4. The van der Waals surface area contributed by atoms with Crippen molar-refractivity contribution in [3.8, 4) is 28.6 Å². The van der Waals surface area contributed by atoms with Gasteiger partial charge in [0.2, 0.25) is 5.75 Å². The minimum atomic E-state index is -0.262. The van der Waals surface area contributed by atoms with Gasteiger partial charge >= 0.3 is 0 Å². The lowest BCUT2D eigenvalue weighted by Crippen LogP contribution is -2.04. The van der Waals surface area contributed by atoms with Crippen molar-refractivity contribution in [2.75, 3.05) is 7.11 Å². The van der Waals surface area contributed by atoms with Gasteiger partial charge in [-0.15, -0.1) is 0 Å². The minimum Gasteiger partial charge on any atom is -0.504 e. The Bertz CT molecular complexity index is 911. The zero-order valence-electron chi connectivity index (χ0n) is 14.2. The zero-order valence-corrected chi connectivity index (χ0v) is 14.2. The van der Waals surface area contributed by atoms with Crippen LogP contribution in [0.3, 0.4) is 0 Å². The summed E-state index contributed by atoms with van der Waals surface area (Å²) in [5.74, 6) is 1.01. The Hall–Kier alpha value is -2.69. The molecule has 3 N–H and O–H groups in total. The van der Waals surface area contributed by atoms with Gasteiger partial charge in [-0.1, -0.05) is 25.3 Å². The van der Waals surface area contributed by atoms with Gasteiger partial charge in [0.05, 0.1) is 18.1 Å². The van der Waals surface area contributed by atoms with E-state index < -0.39 is 0 Å². The quantitative estimate of drug-likeness (QED) is 0.605. The highest BCUT2D eigenvalue weighted by atomic mass is 16.5. The summed E-state index contributed by atoms with van der Waals surface area (Å²) in [6, 6.07) is 9.58. The second-order valence-corrected chi connectivity index (χ2v) is 6.74. The molecule has 0 radical (unpaired) electrons. The van der Waals surface area contributed by atoms with Gasteiger partial charge in [0.25, 0.3) is 0 Å². The van der Waals surface area contributed by atoms with Crippen LogP contribution in [0.1, 0.15) is 43.6 Å². The molecule has 0 spiro atoms. The summed E-state index contributed by atoms with van der Waals surface area (Å²) in [6.45, 7) is 0. The number of hydrogen-bond acceptors (Lipinski definition) is 4. The number of aromatic nitrogens is 2. The number of methoxy groups -OCH3 is 1. The predicted molar refractivity (Wildman–Crippen MR) is 97.2 cm³/mol. The number of nitrogens with zero attached hydrogens (tertiary/aromatic N) is 1. The van der Waals surface area contributed by atoms with Crippen molar-refractivity contribution >= 4 is 11.0 Å². The molecule has 0 amide bonds. The molecule has 1 aliphatic rings. The summed E-state index contributed by atoms with van der Waals surface area (Å²) in [6.07, 6.45) is 6.47. The summed E-state index contributed by atoms with van der Waals surface area (Å²) < 4.78 is 5.11. The Morgan fingerprint density at radius 2 is 1.88 bits per heavy atom. The number of imidazole rings is 1. The van der Waals surface area contributed by atoms with Crippen LogP contribution in [0, 0.1) is 0 Å². The van der Waals surface area contributed by atoms with Crippen molar-refractivity contribution in [1.82, 2.24) is 9.97 Å². The van der Waals surface area contributed by atoms with Crippen LogP contribution in [0.25, 0.3) is 22.4 Å². The first-order chi connectivity index (χ1) is 12.2. The lowest BCUT2D eigenvalue weighted by atomic mass is 9.84. The maximum absolute atomic E-state index is 9.89. The van der Waals surface area contributed by atoms with Crippen LogP contribution in [-0.2, 0) is 0 Å². The van der Waals surface area contributed by atoms with Crippen molar-refractivity contribution in [2.24, 2.45) is 0 Å². The number of H-pyrrole nitrogens is 1. The molecular formula is C20H22N2O3. The SMILES string of the molecule is COc1cc(-c2nc3cc(C4CCCCC4)ccc3[nH]2)cc(O)c1O. The van der Waals surface area contributed by atoms with Crippen molar-refractivity contribution in [3.05, 3.63) is 35.9 Å². The predicted octanol–water partition coefficient (Wildman–Crippen LogP) is 4.70. The lowest BCUT2D eigenvalue weighted by molar-refractivity contribution is 0.351. The van der Waals surface area contributed by atoms with E-state index in [0.717, 1.165) is 11.0 Å². The van der Waals surface area contributed by atoms with E-state index in [4.69, 9.17) is 4.74 Å². The minimum absolute atomic E-state index is 0.221. The Balaban J connectivity index is 1.73. The van der Waals surface area contributed by atoms with Crippen LogP contribution in [0.5, 0.6) is 17.2 Å². The third-order valence-corrected chi connectivity index (χ3v) is 5.13. The summed E-state index contributed by atoms with van der Waals surface area (Å²) in [4.78, 5) is 7.96. The average Bonchev–Trinajstić information content (AvgIpc) is 3.08. The number of rotatable bonds is 3. The highest BCUT2D eigenvalue weighted by Gasteiger charge is 2.17. The van der Waals surface area contributed by atoms with Gasteiger partial charge < -0.3 is 19.9 Å². The number of aromatic amines is 1. The lowest BCUT2D eigenvalue weighted by Gasteiger charge is -2.21. The Labute approximate surface area is 146 Å². The van der Waals surface area contributed by atoms with Crippen molar-refractivity contribution in [2.45, 2.75) is 38.0 Å². The van der Waals surface area contributed by atoms with Gasteiger partial charge in [0.1, 0.15) is 5.82 Å². The van der Waals surface area contributed by atoms with Crippen LogP contribution < -0.4 is 4.74 Å². The number of hydrogen-bond donors (Lipinski definition) is 3. The van der Waals surface area contributed by atoms with Crippen LogP contribution in [-0.4, -0.2) is 27.3 Å².